The first-order valence-corrected chi connectivity index (χ1v) is 14.9. The Morgan fingerprint density at radius 3 is 2.69 bits per heavy atom. The zero-order chi connectivity index (χ0) is 28.2. The Bertz CT molecular complexity index is 1330. The monoisotopic (exact) mass is 558 g/mol. The molecule has 2 N–H and O–H groups in total. The Hall–Kier alpha value is -1.62. The Balaban J connectivity index is 1.44. The summed E-state index contributed by atoms with van der Waals surface area (Å²) in [6, 6.07) is 0. The van der Waals surface area contributed by atoms with Gasteiger partial charge in [0.05, 0.1) is 24.1 Å². The number of carbonyl (C=O) groups is 1. The van der Waals surface area contributed by atoms with E-state index in [1.54, 1.807) is 13.8 Å². The molecule has 5 aliphatic rings. The summed E-state index contributed by atoms with van der Waals surface area (Å²) < 4.78 is 32.8. The lowest BCUT2D eigenvalue weighted by Crippen LogP contribution is -2.74. The summed E-state index contributed by atoms with van der Waals surface area (Å²) in [6.45, 7) is 9.17. The van der Waals surface area contributed by atoms with Gasteiger partial charge in [0, 0.05) is 22.4 Å². The van der Waals surface area contributed by atoms with Gasteiger partial charge in [0.25, 0.3) is 0 Å². The number of hydrogen-bond acceptors (Lipinski definition) is 6. The van der Waals surface area contributed by atoms with Crippen LogP contribution in [0.25, 0.3) is 6.08 Å². The number of Topliss-reactive ketones (excluding diaryl/α,β-unsaturated/α-hetero) is 1. The van der Waals surface area contributed by atoms with E-state index in [0.29, 0.717) is 38.4 Å². The van der Waals surface area contributed by atoms with Crippen molar-refractivity contribution in [2.24, 2.45) is 22.2 Å². The minimum absolute atomic E-state index is 0.0467. The highest BCUT2D eigenvalue weighted by atomic mass is 31.0. The van der Waals surface area contributed by atoms with E-state index in [0.717, 1.165) is 16.8 Å². The summed E-state index contributed by atoms with van der Waals surface area (Å²) in [6.07, 6.45) is 4.75. The predicted molar refractivity (Wildman–Crippen MR) is 147 cm³/mol. The summed E-state index contributed by atoms with van der Waals surface area (Å²) in [5.74, 6) is 4.41. The zero-order valence-electron chi connectivity index (χ0n) is 23.5. The van der Waals surface area contributed by atoms with Crippen molar-refractivity contribution in [3.8, 4) is 11.8 Å². The number of allylic oxidation sites excluding steroid dienone is 1. The first kappa shape index (κ1) is 27.5. The molecule has 0 aromatic carbocycles. The molecule has 9 heteroatoms. The molecular weight excluding hydrogens is 518 g/mol. The molecule has 3 saturated carbocycles. The van der Waals surface area contributed by atoms with Crippen LogP contribution in [0.3, 0.4) is 0 Å². The van der Waals surface area contributed by atoms with Crippen molar-refractivity contribution in [3.05, 3.63) is 23.0 Å². The number of aliphatic hydroxyl groups excluding tert-OH is 2. The molecule has 39 heavy (non-hydrogen) atoms. The van der Waals surface area contributed by atoms with E-state index in [4.69, 9.17) is 9.47 Å². The molecule has 0 spiro atoms. The summed E-state index contributed by atoms with van der Waals surface area (Å²) in [7, 11) is 2.59. The van der Waals surface area contributed by atoms with Crippen molar-refractivity contribution in [1.82, 2.24) is 9.78 Å². The topological polar surface area (TPSA) is 93.8 Å². The van der Waals surface area contributed by atoms with Gasteiger partial charge in [-0.2, -0.15) is 5.10 Å². The smallest absolute Gasteiger partial charge is 0.193 e. The Morgan fingerprint density at radius 2 is 2.00 bits per heavy atom. The SMILES string of the molecule is CC1(C)O[C@@H]2C[C@H]3[C@]4(C)CCC5=Cc6c(cnn6CC#CCP)C[C@]5(C)[C@@]4(F)[C@@H](O)C[C@]3(C)[C@]2(C(=O)CO)O1. The molecule has 1 aliphatic heterocycles. The van der Waals surface area contributed by atoms with Crippen molar-refractivity contribution in [3.63, 3.8) is 0 Å². The number of rotatable bonds is 3. The number of ether oxygens (including phenoxy) is 2. The highest BCUT2D eigenvalue weighted by Crippen LogP contribution is 2.76. The second kappa shape index (κ2) is 8.46. The first-order valence-electron chi connectivity index (χ1n) is 14.0. The number of fused-ring (bicyclic) bond motifs is 8. The van der Waals surface area contributed by atoms with Crippen LogP contribution in [0.4, 0.5) is 4.39 Å². The maximum Gasteiger partial charge on any atom is 0.193 e. The lowest BCUT2D eigenvalue weighted by molar-refractivity contribution is -0.278. The second-order valence-corrected chi connectivity index (χ2v) is 13.8. The van der Waals surface area contributed by atoms with E-state index in [1.807, 2.05) is 31.6 Å². The number of halogens is 1. The van der Waals surface area contributed by atoms with Gasteiger partial charge in [-0.1, -0.05) is 38.2 Å². The summed E-state index contributed by atoms with van der Waals surface area (Å²) >= 11 is 0. The maximum absolute atomic E-state index is 18.3. The van der Waals surface area contributed by atoms with Crippen LogP contribution in [0.2, 0.25) is 0 Å². The lowest BCUT2D eigenvalue weighted by Gasteiger charge is -2.68. The molecule has 212 valence electrons. The number of hydrogen-bond donors (Lipinski definition) is 2. The Morgan fingerprint density at radius 1 is 1.26 bits per heavy atom. The third kappa shape index (κ3) is 3.17. The molecule has 0 bridgehead atoms. The van der Waals surface area contributed by atoms with Crippen molar-refractivity contribution in [2.45, 2.75) is 103 Å². The standard InChI is InChI=1S/C30H40FN2O5P/c1-25(2)37-24-13-21-26(3)9-8-19-12-20-18(16-32-33(20)10-6-7-11-39)14-27(19,4)30(26,31)22(35)15-28(21,5)29(24,38-25)23(36)17-34/h12,16,21-22,24,34-35H,8-11,13-15,17,39H2,1-5H3/t21-,22-,24+,26-,27-,28-,29+,30+/m0/s1. The van der Waals surface area contributed by atoms with E-state index in [-0.39, 0.29) is 12.3 Å². The number of alkyl halides is 1. The third-order valence-electron chi connectivity index (χ3n) is 11.3. The predicted octanol–water partition coefficient (Wildman–Crippen LogP) is 3.46. The van der Waals surface area contributed by atoms with E-state index >= 15 is 4.39 Å². The van der Waals surface area contributed by atoms with Crippen LogP contribution in [-0.2, 0) is 27.2 Å². The Kier molecular flexibility index (Phi) is 5.97. The highest BCUT2D eigenvalue weighted by molar-refractivity contribution is 7.16. The van der Waals surface area contributed by atoms with Crippen molar-refractivity contribution < 1.29 is 28.9 Å². The minimum atomic E-state index is -1.95. The van der Waals surface area contributed by atoms with Gasteiger partial charge >= 0.3 is 0 Å². The average molecular weight is 559 g/mol. The van der Waals surface area contributed by atoms with E-state index in [9.17, 15) is 15.0 Å². The number of nitrogens with zero attached hydrogens (tertiary/aromatic N) is 2. The van der Waals surface area contributed by atoms with E-state index < -0.39 is 57.9 Å². The molecule has 1 unspecified atom stereocenters. The van der Waals surface area contributed by atoms with E-state index in [2.05, 4.69) is 32.3 Å². The molecule has 2 heterocycles. The summed E-state index contributed by atoms with van der Waals surface area (Å²) in [4.78, 5) is 13.5. The van der Waals surface area contributed by atoms with Crippen molar-refractivity contribution in [2.75, 3.05) is 12.8 Å². The van der Waals surface area contributed by atoms with Crippen LogP contribution in [0.5, 0.6) is 0 Å². The molecule has 9 atom stereocenters. The molecule has 0 radical (unpaired) electrons. The molecule has 1 saturated heterocycles. The molecule has 6 rings (SSSR count). The molecule has 1 aromatic heterocycles. The van der Waals surface area contributed by atoms with Gasteiger partial charge in [0.15, 0.2) is 22.8 Å². The molecule has 1 aromatic rings. The van der Waals surface area contributed by atoms with Crippen LogP contribution in [0.15, 0.2) is 11.8 Å². The van der Waals surface area contributed by atoms with Gasteiger partial charge < -0.3 is 19.7 Å². The zero-order valence-corrected chi connectivity index (χ0v) is 24.7. The minimum Gasteiger partial charge on any atom is -0.390 e. The largest absolute Gasteiger partial charge is 0.390 e. The van der Waals surface area contributed by atoms with Gasteiger partial charge in [0.1, 0.15) is 13.2 Å². The normalized spacial score (nSPS) is 45.2. The van der Waals surface area contributed by atoms with Gasteiger partial charge in [-0.15, -0.1) is 9.24 Å². The highest BCUT2D eigenvalue weighted by Gasteiger charge is 2.83. The fourth-order valence-corrected chi connectivity index (χ4v) is 9.93. The van der Waals surface area contributed by atoms with Gasteiger partial charge in [-0.05, 0) is 63.5 Å². The van der Waals surface area contributed by atoms with Crippen molar-refractivity contribution in [1.29, 1.82) is 0 Å². The molecule has 4 fully saturated rings. The molecule has 4 aliphatic carbocycles. The fraction of sp³-hybridized carbons (Fsp3) is 0.733. The van der Waals surface area contributed by atoms with Gasteiger partial charge in [0.2, 0.25) is 0 Å². The van der Waals surface area contributed by atoms with Crippen LogP contribution in [0, 0.1) is 34.0 Å². The van der Waals surface area contributed by atoms with Gasteiger partial charge in [-0.3, -0.25) is 9.48 Å². The van der Waals surface area contributed by atoms with E-state index in [1.165, 1.54) is 0 Å². The molecular formula is C30H40FN2O5P. The molecule has 0 amide bonds. The number of aromatic nitrogens is 2. The quantitative estimate of drug-likeness (QED) is 0.436. The number of carbonyl (C=O) groups excluding carboxylic acids is 1. The summed E-state index contributed by atoms with van der Waals surface area (Å²) in [5.41, 5.74) is -3.27. The lowest BCUT2D eigenvalue weighted by atomic mass is 9.38. The first-order chi connectivity index (χ1) is 18.2. The third-order valence-corrected chi connectivity index (χ3v) is 11.5. The van der Waals surface area contributed by atoms with Crippen molar-refractivity contribution >= 4 is 21.1 Å². The molecule has 7 nitrogen and oxygen atoms in total. The number of ketones is 1. The van der Waals surface area contributed by atoms with Crippen LogP contribution in [0.1, 0.15) is 71.6 Å². The Labute approximate surface area is 232 Å². The number of aliphatic hydroxyl groups is 2. The van der Waals surface area contributed by atoms with Crippen LogP contribution < -0.4 is 0 Å². The van der Waals surface area contributed by atoms with Crippen LogP contribution in [-0.4, -0.2) is 67.8 Å². The fourth-order valence-electron chi connectivity index (χ4n) is 9.78. The average Bonchev–Trinajstić information content (AvgIpc) is 3.46. The van der Waals surface area contributed by atoms with Gasteiger partial charge in [-0.25, -0.2) is 4.39 Å². The summed E-state index contributed by atoms with van der Waals surface area (Å²) in [5, 5.41) is 26.5. The van der Waals surface area contributed by atoms with Crippen LogP contribution >= 0.6 is 9.24 Å². The second-order valence-electron chi connectivity index (χ2n) is 13.4. The maximum atomic E-state index is 18.3.